The summed E-state index contributed by atoms with van der Waals surface area (Å²) in [6, 6.07) is 0.697. The molecule has 0 aromatic carbocycles. The lowest BCUT2D eigenvalue weighted by Crippen LogP contribution is -2.44. The first kappa shape index (κ1) is 14.3. The Morgan fingerprint density at radius 2 is 2.05 bits per heavy atom. The molecule has 20 heavy (non-hydrogen) atoms. The molecule has 1 aromatic heterocycles. The molecule has 2 heterocycles. The first-order valence-corrected chi connectivity index (χ1v) is 6.74. The fraction of sp³-hybridized carbons (Fsp3) is 0.500. The van der Waals surface area contributed by atoms with Crippen LogP contribution in [0.25, 0.3) is 0 Å². The summed E-state index contributed by atoms with van der Waals surface area (Å²) in [5.74, 6) is -1.46. The number of H-pyrrole nitrogens is 1. The number of nitrogens with zero attached hydrogens (tertiary/aromatic N) is 1. The molecule has 0 aliphatic carbocycles. The number of ketones is 1. The van der Waals surface area contributed by atoms with Crippen molar-refractivity contribution in [2.24, 2.45) is 0 Å². The van der Waals surface area contributed by atoms with Gasteiger partial charge >= 0.3 is 5.97 Å². The van der Waals surface area contributed by atoms with E-state index in [-0.39, 0.29) is 17.4 Å². The van der Waals surface area contributed by atoms with Gasteiger partial charge < -0.3 is 15.0 Å². The van der Waals surface area contributed by atoms with Crippen LogP contribution in [0.2, 0.25) is 0 Å². The van der Waals surface area contributed by atoms with Gasteiger partial charge in [0.15, 0.2) is 5.78 Å². The number of amides is 1. The van der Waals surface area contributed by atoms with Crippen LogP contribution >= 0.6 is 0 Å². The molecule has 1 aliphatic rings. The number of rotatable bonds is 3. The topological polar surface area (TPSA) is 90.5 Å². The normalized spacial score (nSPS) is 19.4. The summed E-state index contributed by atoms with van der Waals surface area (Å²) in [6.45, 7) is 1.85. The van der Waals surface area contributed by atoms with E-state index < -0.39 is 12.0 Å². The van der Waals surface area contributed by atoms with Gasteiger partial charge in [-0.3, -0.25) is 9.59 Å². The predicted molar refractivity (Wildman–Crippen MR) is 71.7 cm³/mol. The second-order valence-electron chi connectivity index (χ2n) is 5.06. The van der Waals surface area contributed by atoms with Crippen molar-refractivity contribution in [3.8, 4) is 0 Å². The maximum absolute atomic E-state index is 12.4. The monoisotopic (exact) mass is 278 g/mol. The summed E-state index contributed by atoms with van der Waals surface area (Å²) in [6.07, 6.45) is 4.49. The van der Waals surface area contributed by atoms with Gasteiger partial charge in [0, 0.05) is 18.3 Å². The lowest BCUT2D eigenvalue weighted by molar-refractivity contribution is -0.142. The molecule has 1 saturated heterocycles. The quantitative estimate of drug-likeness (QED) is 0.823. The molecule has 2 rings (SSSR count). The van der Waals surface area contributed by atoms with Crippen molar-refractivity contribution in [2.45, 2.75) is 38.6 Å². The summed E-state index contributed by atoms with van der Waals surface area (Å²) in [5, 5.41) is 9.26. The lowest BCUT2D eigenvalue weighted by Gasteiger charge is -2.26. The standard InChI is InChI=1S/C14H18N2O4/c1-9(17)10-7-11(15-8-10)13(18)16-6-4-2-3-5-12(16)14(19)20/h7-8,12,15H,2-6H2,1H3,(H,19,20). The summed E-state index contributed by atoms with van der Waals surface area (Å²) in [7, 11) is 0. The molecule has 0 radical (unpaired) electrons. The average Bonchev–Trinajstić information content (AvgIpc) is 2.76. The van der Waals surface area contributed by atoms with E-state index in [9.17, 15) is 19.5 Å². The molecule has 1 aliphatic heterocycles. The molecule has 1 fully saturated rings. The number of carbonyl (C=O) groups excluding carboxylic acids is 2. The number of nitrogens with one attached hydrogen (secondary N) is 1. The van der Waals surface area contributed by atoms with E-state index in [0.717, 1.165) is 19.3 Å². The molecule has 2 N–H and O–H groups in total. The van der Waals surface area contributed by atoms with Crippen molar-refractivity contribution in [1.29, 1.82) is 0 Å². The SMILES string of the molecule is CC(=O)c1c[nH]c(C(=O)N2CCCCCC2C(=O)O)c1. The average molecular weight is 278 g/mol. The summed E-state index contributed by atoms with van der Waals surface area (Å²) >= 11 is 0. The van der Waals surface area contributed by atoms with Gasteiger partial charge in [-0.2, -0.15) is 0 Å². The molecule has 1 atom stereocenters. The van der Waals surface area contributed by atoms with E-state index in [1.807, 2.05) is 0 Å². The number of aromatic nitrogens is 1. The zero-order valence-electron chi connectivity index (χ0n) is 11.4. The largest absolute Gasteiger partial charge is 0.480 e. The van der Waals surface area contributed by atoms with Gasteiger partial charge in [0.25, 0.3) is 5.91 Å². The molecule has 6 nitrogen and oxygen atoms in total. The highest BCUT2D eigenvalue weighted by Gasteiger charge is 2.31. The Bertz CT molecular complexity index is 535. The van der Waals surface area contributed by atoms with Crippen molar-refractivity contribution in [2.75, 3.05) is 6.54 Å². The summed E-state index contributed by atoms with van der Waals surface area (Å²) in [5.41, 5.74) is 0.693. The molecule has 1 aromatic rings. The Morgan fingerprint density at radius 1 is 1.30 bits per heavy atom. The van der Waals surface area contributed by atoms with Crippen LogP contribution in [0.3, 0.4) is 0 Å². The summed E-state index contributed by atoms with van der Waals surface area (Å²) in [4.78, 5) is 39.1. The Kier molecular flexibility index (Phi) is 4.22. The van der Waals surface area contributed by atoms with Crippen LogP contribution in [0.5, 0.6) is 0 Å². The minimum absolute atomic E-state index is 0.133. The number of Topliss-reactive ketones (excluding diaryl/α,β-unsaturated/α-hetero) is 1. The van der Waals surface area contributed by atoms with Gasteiger partial charge in [-0.15, -0.1) is 0 Å². The maximum atomic E-state index is 12.4. The van der Waals surface area contributed by atoms with Crippen LogP contribution in [0.4, 0.5) is 0 Å². The maximum Gasteiger partial charge on any atom is 0.326 e. The van der Waals surface area contributed by atoms with E-state index in [1.54, 1.807) is 0 Å². The molecule has 1 amide bonds. The van der Waals surface area contributed by atoms with Gasteiger partial charge in [0.1, 0.15) is 11.7 Å². The number of carboxylic acid groups (broad SMARTS) is 1. The molecule has 6 heteroatoms. The minimum Gasteiger partial charge on any atom is -0.480 e. The molecule has 1 unspecified atom stereocenters. The molecule has 0 bridgehead atoms. The van der Waals surface area contributed by atoms with E-state index in [4.69, 9.17) is 0 Å². The molecule has 108 valence electrons. The smallest absolute Gasteiger partial charge is 0.326 e. The number of likely N-dealkylation sites (tertiary alicyclic amines) is 1. The van der Waals surface area contributed by atoms with E-state index in [1.165, 1.54) is 24.1 Å². The number of carbonyl (C=O) groups is 3. The highest BCUT2D eigenvalue weighted by molar-refractivity contribution is 6.00. The fourth-order valence-corrected chi connectivity index (χ4v) is 2.48. The van der Waals surface area contributed by atoms with Crippen molar-refractivity contribution >= 4 is 17.7 Å². The van der Waals surface area contributed by atoms with Crippen LogP contribution in [0.1, 0.15) is 53.5 Å². The molecular formula is C14H18N2O4. The van der Waals surface area contributed by atoms with E-state index in [0.29, 0.717) is 18.5 Å². The zero-order valence-corrected chi connectivity index (χ0v) is 11.4. The van der Waals surface area contributed by atoms with Gasteiger partial charge in [0.05, 0.1) is 0 Å². The second kappa shape index (κ2) is 5.90. The first-order valence-electron chi connectivity index (χ1n) is 6.74. The number of carboxylic acids is 1. The van der Waals surface area contributed by atoms with Crippen LogP contribution in [-0.2, 0) is 4.79 Å². The number of hydrogen-bond donors (Lipinski definition) is 2. The van der Waals surface area contributed by atoms with Gasteiger partial charge in [0.2, 0.25) is 0 Å². The molecular weight excluding hydrogens is 260 g/mol. The highest BCUT2D eigenvalue weighted by atomic mass is 16.4. The van der Waals surface area contributed by atoms with Crippen molar-refractivity contribution in [1.82, 2.24) is 9.88 Å². The predicted octanol–water partition coefficient (Wildman–Crippen LogP) is 1.69. The fourth-order valence-electron chi connectivity index (χ4n) is 2.48. The van der Waals surface area contributed by atoms with E-state index >= 15 is 0 Å². The summed E-state index contributed by atoms with van der Waals surface area (Å²) < 4.78 is 0. The number of hydrogen-bond acceptors (Lipinski definition) is 3. The second-order valence-corrected chi connectivity index (χ2v) is 5.06. The van der Waals surface area contributed by atoms with Gasteiger partial charge in [-0.25, -0.2) is 4.79 Å². The van der Waals surface area contributed by atoms with Crippen LogP contribution in [0, 0.1) is 0 Å². The Hall–Kier alpha value is -2.11. The van der Waals surface area contributed by atoms with Crippen LogP contribution in [0.15, 0.2) is 12.3 Å². The Morgan fingerprint density at radius 3 is 2.65 bits per heavy atom. The van der Waals surface area contributed by atoms with Crippen LogP contribution < -0.4 is 0 Å². The number of aliphatic carboxylic acids is 1. The van der Waals surface area contributed by atoms with Gasteiger partial charge in [-0.1, -0.05) is 12.8 Å². The third-order valence-corrected chi connectivity index (χ3v) is 3.62. The Balaban J connectivity index is 2.23. The third kappa shape index (κ3) is 2.89. The Labute approximate surface area is 116 Å². The van der Waals surface area contributed by atoms with Crippen molar-refractivity contribution in [3.05, 3.63) is 23.5 Å². The molecule has 0 spiro atoms. The first-order chi connectivity index (χ1) is 9.50. The minimum atomic E-state index is -0.974. The lowest BCUT2D eigenvalue weighted by atomic mass is 10.1. The van der Waals surface area contributed by atoms with Gasteiger partial charge in [-0.05, 0) is 25.8 Å². The van der Waals surface area contributed by atoms with Crippen molar-refractivity contribution in [3.63, 3.8) is 0 Å². The highest BCUT2D eigenvalue weighted by Crippen LogP contribution is 2.19. The van der Waals surface area contributed by atoms with Crippen molar-refractivity contribution < 1.29 is 19.5 Å². The third-order valence-electron chi connectivity index (χ3n) is 3.62. The van der Waals surface area contributed by atoms with E-state index in [2.05, 4.69) is 4.98 Å². The zero-order chi connectivity index (χ0) is 14.7. The number of aromatic amines is 1. The van der Waals surface area contributed by atoms with Crippen LogP contribution in [-0.4, -0.2) is 45.2 Å². The molecule has 0 saturated carbocycles.